The summed E-state index contributed by atoms with van der Waals surface area (Å²) < 4.78 is 46.3. The van der Waals surface area contributed by atoms with Crippen LogP contribution in [0.4, 0.5) is 4.39 Å². The van der Waals surface area contributed by atoms with Gasteiger partial charge in [0.2, 0.25) is 5.91 Å². The first-order valence-corrected chi connectivity index (χ1v) is 9.76. The molecule has 0 spiro atoms. The number of ether oxygens (including phenoxy) is 1. The SMILES string of the molecule is CS(=O)(=O)[O-].C[C@H](NCc1ccc(OCc2ccccc2F)cc1)C(N)=O. The number of halogens is 1. The Bertz CT molecular complexity index is 833. The Kier molecular flexibility index (Phi) is 8.86. The summed E-state index contributed by atoms with van der Waals surface area (Å²) in [4.78, 5) is 10.9. The van der Waals surface area contributed by atoms with Gasteiger partial charge in [0.1, 0.15) is 18.2 Å². The van der Waals surface area contributed by atoms with Crippen molar-refractivity contribution in [1.82, 2.24) is 5.32 Å². The third-order valence-corrected chi connectivity index (χ3v) is 3.31. The van der Waals surface area contributed by atoms with Crippen LogP contribution in [-0.2, 0) is 28.1 Å². The van der Waals surface area contributed by atoms with Crippen molar-refractivity contribution in [2.75, 3.05) is 6.26 Å². The lowest BCUT2D eigenvalue weighted by molar-refractivity contribution is -0.119. The zero-order valence-corrected chi connectivity index (χ0v) is 15.8. The summed E-state index contributed by atoms with van der Waals surface area (Å²) in [6, 6.07) is 13.5. The van der Waals surface area contributed by atoms with E-state index in [1.165, 1.54) is 6.07 Å². The third-order valence-electron chi connectivity index (χ3n) is 3.31. The van der Waals surface area contributed by atoms with E-state index >= 15 is 0 Å². The van der Waals surface area contributed by atoms with Gasteiger partial charge in [-0.3, -0.25) is 4.79 Å². The number of rotatable bonds is 7. The highest BCUT2D eigenvalue weighted by atomic mass is 32.2. The number of carbonyl (C=O) groups excluding carboxylic acids is 1. The van der Waals surface area contributed by atoms with E-state index in [0.29, 0.717) is 24.1 Å². The average molecular weight is 397 g/mol. The first kappa shape index (κ1) is 22.6. The lowest BCUT2D eigenvalue weighted by Gasteiger charge is -2.11. The maximum atomic E-state index is 13.5. The molecule has 148 valence electrons. The lowest BCUT2D eigenvalue weighted by Crippen LogP contribution is -2.38. The summed E-state index contributed by atoms with van der Waals surface area (Å²) in [5, 5.41) is 3.02. The molecule has 7 nitrogen and oxygen atoms in total. The standard InChI is InChI=1S/C17H19FN2O2.CH4O3S/c1-12(17(19)21)20-10-13-6-8-15(9-7-13)22-11-14-4-2-3-5-16(14)18;1-5(2,3)4/h2-9,12,20H,10-11H2,1H3,(H2,19,21);1H3,(H,2,3,4)/p-1/t12-;/m0./s1. The van der Waals surface area contributed by atoms with Gasteiger partial charge in [0.25, 0.3) is 0 Å². The zero-order valence-electron chi connectivity index (χ0n) is 15.0. The Balaban J connectivity index is 0.000000646. The highest BCUT2D eigenvalue weighted by molar-refractivity contribution is 7.84. The number of hydrogen-bond donors (Lipinski definition) is 2. The number of nitrogens with one attached hydrogen (secondary N) is 1. The minimum Gasteiger partial charge on any atom is -0.748 e. The van der Waals surface area contributed by atoms with Crippen LogP contribution in [0.3, 0.4) is 0 Å². The van der Waals surface area contributed by atoms with Gasteiger partial charge in [0, 0.05) is 18.4 Å². The predicted molar refractivity (Wildman–Crippen MR) is 98.3 cm³/mol. The molecule has 0 fully saturated rings. The fraction of sp³-hybridized carbons (Fsp3) is 0.278. The Labute approximate surface area is 158 Å². The van der Waals surface area contributed by atoms with E-state index in [0.717, 1.165) is 5.56 Å². The van der Waals surface area contributed by atoms with E-state index in [2.05, 4.69) is 5.32 Å². The maximum absolute atomic E-state index is 13.5. The van der Waals surface area contributed by atoms with E-state index in [9.17, 15) is 9.18 Å². The predicted octanol–water partition coefficient (Wildman–Crippen LogP) is 1.53. The van der Waals surface area contributed by atoms with Gasteiger partial charge in [-0.25, -0.2) is 12.8 Å². The minimum absolute atomic E-state index is 0.184. The van der Waals surface area contributed by atoms with Crippen LogP contribution in [0.15, 0.2) is 48.5 Å². The topological polar surface area (TPSA) is 122 Å². The molecule has 27 heavy (non-hydrogen) atoms. The largest absolute Gasteiger partial charge is 0.748 e. The lowest BCUT2D eigenvalue weighted by atomic mass is 10.2. The molecule has 2 aromatic carbocycles. The van der Waals surface area contributed by atoms with Gasteiger partial charge < -0.3 is 20.3 Å². The summed E-state index contributed by atoms with van der Waals surface area (Å²) in [6.07, 6.45) is 0.604. The smallest absolute Gasteiger partial charge is 0.234 e. The molecule has 0 aliphatic heterocycles. The van der Waals surface area contributed by atoms with Crippen LogP contribution >= 0.6 is 0 Å². The number of benzene rings is 2. The minimum atomic E-state index is -3.92. The molecule has 3 N–H and O–H groups in total. The second kappa shape index (κ2) is 10.6. The molecule has 1 amide bonds. The van der Waals surface area contributed by atoms with Gasteiger partial charge in [0.15, 0.2) is 0 Å². The molecule has 2 aromatic rings. The van der Waals surface area contributed by atoms with Gasteiger partial charge in [-0.15, -0.1) is 0 Å². The van der Waals surface area contributed by atoms with Crippen molar-refractivity contribution in [1.29, 1.82) is 0 Å². The van der Waals surface area contributed by atoms with Gasteiger partial charge in [-0.05, 0) is 30.7 Å². The first-order chi connectivity index (χ1) is 12.6. The van der Waals surface area contributed by atoms with Crippen LogP contribution in [0.2, 0.25) is 0 Å². The second-order valence-corrected chi connectivity index (χ2v) is 7.14. The average Bonchev–Trinajstić information content (AvgIpc) is 2.58. The number of primary amides is 1. The Morgan fingerprint density at radius 2 is 1.78 bits per heavy atom. The summed E-state index contributed by atoms with van der Waals surface area (Å²) in [5.41, 5.74) is 6.70. The highest BCUT2D eigenvalue weighted by Crippen LogP contribution is 2.15. The molecule has 0 aliphatic carbocycles. The van der Waals surface area contributed by atoms with Crippen LogP contribution in [0.25, 0.3) is 0 Å². The van der Waals surface area contributed by atoms with Crippen molar-refractivity contribution in [3.05, 3.63) is 65.5 Å². The molecule has 0 radical (unpaired) electrons. The maximum Gasteiger partial charge on any atom is 0.234 e. The van der Waals surface area contributed by atoms with Crippen molar-refractivity contribution >= 4 is 16.0 Å². The molecule has 9 heteroatoms. The molecule has 0 saturated heterocycles. The molecule has 0 saturated carbocycles. The molecule has 0 heterocycles. The molecule has 0 unspecified atom stereocenters. The number of nitrogens with two attached hydrogens (primary N) is 1. The van der Waals surface area contributed by atoms with E-state index in [1.807, 2.05) is 24.3 Å². The van der Waals surface area contributed by atoms with E-state index in [-0.39, 0.29) is 24.4 Å². The number of amides is 1. The molecule has 0 aromatic heterocycles. The highest BCUT2D eigenvalue weighted by Gasteiger charge is 2.07. The van der Waals surface area contributed by atoms with Crippen molar-refractivity contribution in [3.63, 3.8) is 0 Å². The Morgan fingerprint density at radius 1 is 1.22 bits per heavy atom. The Morgan fingerprint density at radius 3 is 2.30 bits per heavy atom. The summed E-state index contributed by atoms with van der Waals surface area (Å²) in [6.45, 7) is 2.44. The van der Waals surface area contributed by atoms with Crippen LogP contribution in [0, 0.1) is 5.82 Å². The van der Waals surface area contributed by atoms with Crippen LogP contribution in [0.5, 0.6) is 5.75 Å². The molecule has 2 rings (SSSR count). The number of hydrogen-bond acceptors (Lipinski definition) is 6. The van der Waals surface area contributed by atoms with Gasteiger partial charge in [-0.2, -0.15) is 0 Å². The normalized spacial score (nSPS) is 11.9. The van der Waals surface area contributed by atoms with Crippen molar-refractivity contribution in [2.45, 2.75) is 26.1 Å². The summed E-state index contributed by atoms with van der Waals surface area (Å²) >= 11 is 0. The van der Waals surface area contributed by atoms with Crippen LogP contribution in [-0.4, -0.2) is 31.2 Å². The molecular formula is C18H22FN2O5S-. The second-order valence-electron chi connectivity index (χ2n) is 5.73. The van der Waals surface area contributed by atoms with Crippen LogP contribution in [0.1, 0.15) is 18.1 Å². The van der Waals surface area contributed by atoms with E-state index < -0.39 is 10.1 Å². The first-order valence-electron chi connectivity index (χ1n) is 7.95. The summed E-state index contributed by atoms with van der Waals surface area (Å²) in [5.74, 6) is 0.00329. The fourth-order valence-electron chi connectivity index (χ4n) is 1.85. The number of carbonyl (C=O) groups is 1. The zero-order chi connectivity index (χ0) is 20.4. The molecule has 0 bridgehead atoms. The third kappa shape index (κ3) is 10.3. The van der Waals surface area contributed by atoms with Crippen LogP contribution < -0.4 is 15.8 Å². The van der Waals surface area contributed by atoms with E-state index in [4.69, 9.17) is 23.4 Å². The molecule has 1 atom stereocenters. The van der Waals surface area contributed by atoms with Crippen molar-refractivity contribution in [3.8, 4) is 5.75 Å². The monoisotopic (exact) mass is 397 g/mol. The molecule has 0 aliphatic rings. The van der Waals surface area contributed by atoms with E-state index in [1.54, 1.807) is 25.1 Å². The summed E-state index contributed by atoms with van der Waals surface area (Å²) in [7, 11) is -3.92. The Hall–Kier alpha value is -2.49. The quantitative estimate of drug-likeness (QED) is 0.684. The van der Waals surface area contributed by atoms with Gasteiger partial charge >= 0.3 is 0 Å². The fourth-order valence-corrected chi connectivity index (χ4v) is 1.85. The van der Waals surface area contributed by atoms with Crippen molar-refractivity contribution in [2.24, 2.45) is 5.73 Å². The van der Waals surface area contributed by atoms with Gasteiger partial charge in [0.05, 0.1) is 16.2 Å². The molecular weight excluding hydrogens is 375 g/mol. The van der Waals surface area contributed by atoms with Gasteiger partial charge in [-0.1, -0.05) is 30.3 Å². The van der Waals surface area contributed by atoms with Crippen molar-refractivity contribution < 1.29 is 26.9 Å².